The minimum absolute atomic E-state index is 0.138. The number of benzene rings is 1. The topological polar surface area (TPSA) is 67.9 Å². The number of nitrogens with one attached hydrogen (secondary N) is 1. The lowest BCUT2D eigenvalue weighted by atomic mass is 10.2. The molecule has 0 saturated carbocycles. The number of thioether (sulfide) groups is 1. The van der Waals surface area contributed by atoms with E-state index < -0.39 is 6.10 Å². The lowest BCUT2D eigenvalue weighted by Crippen LogP contribution is -2.35. The van der Waals surface area contributed by atoms with Gasteiger partial charge in [0.05, 0.1) is 11.5 Å². The van der Waals surface area contributed by atoms with Gasteiger partial charge < -0.3 is 19.7 Å². The van der Waals surface area contributed by atoms with E-state index in [0.29, 0.717) is 27.3 Å². The summed E-state index contributed by atoms with van der Waals surface area (Å²) in [5.41, 5.74) is 0.782. The Labute approximate surface area is 156 Å². The quantitative estimate of drug-likeness (QED) is 0.604. The van der Waals surface area contributed by atoms with E-state index in [9.17, 15) is 9.59 Å². The number of nitrogens with zero attached hydrogens (tertiary/aromatic N) is 1. The van der Waals surface area contributed by atoms with Crippen molar-refractivity contribution >= 4 is 46.2 Å². The summed E-state index contributed by atoms with van der Waals surface area (Å²) in [6.45, 7) is 4.00. The fourth-order valence-corrected chi connectivity index (χ4v) is 3.20. The summed E-state index contributed by atoms with van der Waals surface area (Å²) in [7, 11) is 3.35. The van der Waals surface area contributed by atoms with Gasteiger partial charge in [-0.25, -0.2) is 0 Å². The van der Waals surface area contributed by atoms with E-state index in [1.165, 1.54) is 16.7 Å². The highest BCUT2D eigenvalue weighted by Crippen LogP contribution is 2.32. The standard InChI is InChI=1S/C17H20N2O4S2/c1-5-22-13-8-11(9-14-15(20)18-17(24)25-14)6-7-12(13)23-10(2)16(21)19(3)4/h6-10H,5H2,1-4H3,(H,18,20,24)/b14-9+. The summed E-state index contributed by atoms with van der Waals surface area (Å²) in [4.78, 5) is 25.7. The zero-order valence-corrected chi connectivity index (χ0v) is 16.1. The van der Waals surface area contributed by atoms with Gasteiger partial charge in [-0.05, 0) is 37.6 Å². The maximum absolute atomic E-state index is 12.0. The molecule has 1 aliphatic rings. The molecule has 1 aromatic carbocycles. The first-order chi connectivity index (χ1) is 11.8. The zero-order chi connectivity index (χ0) is 18.6. The van der Waals surface area contributed by atoms with Crippen LogP contribution in [0.3, 0.4) is 0 Å². The minimum atomic E-state index is -0.632. The molecule has 2 rings (SSSR count). The van der Waals surface area contributed by atoms with Crippen LogP contribution in [-0.2, 0) is 9.59 Å². The van der Waals surface area contributed by atoms with E-state index in [-0.39, 0.29) is 11.8 Å². The highest BCUT2D eigenvalue weighted by Gasteiger charge is 2.22. The van der Waals surface area contributed by atoms with Crippen LogP contribution in [0.1, 0.15) is 19.4 Å². The van der Waals surface area contributed by atoms with Crippen LogP contribution < -0.4 is 14.8 Å². The van der Waals surface area contributed by atoms with Gasteiger partial charge in [0.2, 0.25) is 0 Å². The molecule has 1 fully saturated rings. The molecule has 1 unspecified atom stereocenters. The van der Waals surface area contributed by atoms with Crippen LogP contribution in [0.25, 0.3) is 6.08 Å². The monoisotopic (exact) mass is 380 g/mol. The van der Waals surface area contributed by atoms with Crippen molar-refractivity contribution in [1.82, 2.24) is 10.2 Å². The van der Waals surface area contributed by atoms with Gasteiger partial charge >= 0.3 is 0 Å². The average molecular weight is 380 g/mol. The van der Waals surface area contributed by atoms with Crippen LogP contribution in [0.4, 0.5) is 0 Å². The number of carbonyl (C=O) groups excluding carboxylic acids is 2. The number of ether oxygens (including phenoxy) is 2. The van der Waals surface area contributed by atoms with Gasteiger partial charge in [0.15, 0.2) is 17.6 Å². The highest BCUT2D eigenvalue weighted by molar-refractivity contribution is 8.26. The fourth-order valence-electron chi connectivity index (χ4n) is 2.16. The molecule has 1 aromatic rings. The lowest BCUT2D eigenvalue weighted by molar-refractivity contribution is -0.135. The van der Waals surface area contributed by atoms with Gasteiger partial charge in [-0.1, -0.05) is 30.0 Å². The molecule has 6 nitrogen and oxygen atoms in total. The van der Waals surface area contributed by atoms with Gasteiger partial charge in [0.1, 0.15) is 4.32 Å². The molecule has 0 spiro atoms. The third kappa shape index (κ3) is 4.96. The highest BCUT2D eigenvalue weighted by atomic mass is 32.2. The van der Waals surface area contributed by atoms with Crippen LogP contribution in [0.5, 0.6) is 11.5 Å². The van der Waals surface area contributed by atoms with Crippen molar-refractivity contribution in [2.45, 2.75) is 20.0 Å². The molecule has 0 bridgehead atoms. The molecule has 0 radical (unpaired) electrons. The zero-order valence-electron chi connectivity index (χ0n) is 14.5. The van der Waals surface area contributed by atoms with Crippen LogP contribution in [-0.4, -0.2) is 47.8 Å². The average Bonchev–Trinajstić information content (AvgIpc) is 2.86. The molecule has 0 aliphatic carbocycles. The molecule has 134 valence electrons. The van der Waals surface area contributed by atoms with Crippen molar-refractivity contribution in [3.8, 4) is 11.5 Å². The maximum Gasteiger partial charge on any atom is 0.263 e. The number of carbonyl (C=O) groups is 2. The van der Waals surface area contributed by atoms with Crippen molar-refractivity contribution in [2.75, 3.05) is 20.7 Å². The fraction of sp³-hybridized carbons (Fsp3) is 0.353. The summed E-state index contributed by atoms with van der Waals surface area (Å²) in [5, 5.41) is 2.58. The van der Waals surface area contributed by atoms with Crippen molar-refractivity contribution < 1.29 is 19.1 Å². The van der Waals surface area contributed by atoms with Gasteiger partial charge in [-0.2, -0.15) is 0 Å². The van der Waals surface area contributed by atoms with Gasteiger partial charge in [-0.3, -0.25) is 9.59 Å². The van der Waals surface area contributed by atoms with E-state index in [1.54, 1.807) is 45.3 Å². The molecule has 25 heavy (non-hydrogen) atoms. The smallest absolute Gasteiger partial charge is 0.263 e. The van der Waals surface area contributed by atoms with Crippen LogP contribution in [0.2, 0.25) is 0 Å². The Kier molecular flexibility index (Phi) is 6.44. The SMILES string of the molecule is CCOc1cc(/C=C2/SC(=S)NC2=O)ccc1OC(C)C(=O)N(C)C. The molecule has 8 heteroatoms. The molecule has 1 atom stereocenters. The van der Waals surface area contributed by atoms with E-state index in [2.05, 4.69) is 5.32 Å². The number of hydrogen-bond donors (Lipinski definition) is 1. The number of rotatable bonds is 6. The normalized spacial score (nSPS) is 16.6. The Balaban J connectivity index is 2.25. The second kappa shape index (κ2) is 8.35. The van der Waals surface area contributed by atoms with Gasteiger partial charge in [-0.15, -0.1) is 0 Å². The number of thiocarbonyl (C=S) groups is 1. The molecule has 1 aliphatic heterocycles. The van der Waals surface area contributed by atoms with Gasteiger partial charge in [0.25, 0.3) is 11.8 Å². The molecule has 1 saturated heterocycles. The Morgan fingerprint density at radius 2 is 2.12 bits per heavy atom. The Morgan fingerprint density at radius 1 is 1.40 bits per heavy atom. The number of hydrogen-bond acceptors (Lipinski definition) is 6. The summed E-state index contributed by atoms with van der Waals surface area (Å²) in [6, 6.07) is 5.30. The summed E-state index contributed by atoms with van der Waals surface area (Å²) < 4.78 is 11.8. The largest absolute Gasteiger partial charge is 0.490 e. The first-order valence-corrected chi connectivity index (χ1v) is 8.93. The van der Waals surface area contributed by atoms with Gasteiger partial charge in [0, 0.05) is 14.1 Å². The summed E-state index contributed by atoms with van der Waals surface area (Å²) >= 11 is 6.20. The van der Waals surface area contributed by atoms with Crippen LogP contribution in [0, 0.1) is 0 Å². The summed E-state index contributed by atoms with van der Waals surface area (Å²) in [5.74, 6) is 0.645. The first-order valence-electron chi connectivity index (χ1n) is 7.71. The second-order valence-electron chi connectivity index (χ2n) is 5.48. The van der Waals surface area contributed by atoms with E-state index >= 15 is 0 Å². The molecular formula is C17H20N2O4S2. The van der Waals surface area contributed by atoms with Crippen molar-refractivity contribution in [2.24, 2.45) is 0 Å². The molecule has 2 amide bonds. The predicted octanol–water partition coefficient (Wildman–Crippen LogP) is 2.43. The number of amides is 2. The summed E-state index contributed by atoms with van der Waals surface area (Å²) in [6.07, 6.45) is 1.10. The predicted molar refractivity (Wildman–Crippen MR) is 103 cm³/mol. The van der Waals surface area contributed by atoms with Crippen molar-refractivity contribution in [3.05, 3.63) is 28.7 Å². The molecule has 1 heterocycles. The number of likely N-dealkylation sites (N-methyl/N-ethyl adjacent to an activating group) is 1. The maximum atomic E-state index is 12.0. The molecule has 0 aromatic heterocycles. The molecular weight excluding hydrogens is 360 g/mol. The van der Waals surface area contributed by atoms with E-state index in [0.717, 1.165) is 5.56 Å². The van der Waals surface area contributed by atoms with Crippen molar-refractivity contribution in [3.63, 3.8) is 0 Å². The third-order valence-corrected chi connectivity index (χ3v) is 4.46. The Bertz CT molecular complexity index is 731. The van der Waals surface area contributed by atoms with E-state index in [1.807, 2.05) is 6.92 Å². The van der Waals surface area contributed by atoms with Crippen LogP contribution >= 0.6 is 24.0 Å². The molecule has 1 N–H and O–H groups in total. The Morgan fingerprint density at radius 3 is 2.68 bits per heavy atom. The van der Waals surface area contributed by atoms with E-state index in [4.69, 9.17) is 21.7 Å². The van der Waals surface area contributed by atoms with Crippen LogP contribution in [0.15, 0.2) is 23.1 Å². The van der Waals surface area contributed by atoms with Crippen molar-refractivity contribution in [1.29, 1.82) is 0 Å². The Hall–Kier alpha value is -2.06. The first kappa shape index (κ1) is 19.3. The minimum Gasteiger partial charge on any atom is -0.490 e. The second-order valence-corrected chi connectivity index (χ2v) is 7.20. The lowest BCUT2D eigenvalue weighted by Gasteiger charge is -2.20. The third-order valence-electron chi connectivity index (χ3n) is 3.30.